The molecule has 0 saturated heterocycles. The van der Waals surface area contributed by atoms with E-state index in [0.29, 0.717) is 12.3 Å². The standard InChI is InChI=1S/C15H15N3OS2/c1-11-4-2-3-5-13(11)21-10-14(19)16-8-12-9-18-6-7-20-15(18)17-12/h2-7,9H,8,10H2,1H3,(H,16,19). The van der Waals surface area contributed by atoms with Gasteiger partial charge in [0, 0.05) is 22.7 Å². The highest BCUT2D eigenvalue weighted by molar-refractivity contribution is 8.00. The van der Waals surface area contributed by atoms with Crippen molar-refractivity contribution in [3.63, 3.8) is 0 Å². The highest BCUT2D eigenvalue weighted by Gasteiger charge is 2.07. The quantitative estimate of drug-likeness (QED) is 0.736. The SMILES string of the molecule is Cc1ccccc1SCC(=O)NCc1cn2ccsc2n1. The average Bonchev–Trinajstić information content (AvgIpc) is 3.05. The van der Waals surface area contributed by atoms with E-state index in [1.165, 1.54) is 5.56 Å². The molecule has 0 aliphatic carbocycles. The van der Waals surface area contributed by atoms with Gasteiger partial charge in [-0.05, 0) is 18.6 Å². The third kappa shape index (κ3) is 3.46. The summed E-state index contributed by atoms with van der Waals surface area (Å²) >= 11 is 3.15. The predicted octanol–water partition coefficient (Wildman–Crippen LogP) is 3.11. The van der Waals surface area contributed by atoms with Crippen LogP contribution in [0.15, 0.2) is 46.9 Å². The summed E-state index contributed by atoms with van der Waals surface area (Å²) in [7, 11) is 0. The van der Waals surface area contributed by atoms with Gasteiger partial charge in [-0.2, -0.15) is 0 Å². The van der Waals surface area contributed by atoms with E-state index >= 15 is 0 Å². The van der Waals surface area contributed by atoms with Gasteiger partial charge in [0.1, 0.15) is 0 Å². The Balaban J connectivity index is 1.50. The molecule has 0 unspecified atom stereocenters. The first-order valence-electron chi connectivity index (χ1n) is 6.58. The molecule has 6 heteroatoms. The number of aryl methyl sites for hydroxylation is 1. The van der Waals surface area contributed by atoms with E-state index in [2.05, 4.69) is 23.3 Å². The Bertz CT molecular complexity index is 734. The van der Waals surface area contributed by atoms with Gasteiger partial charge in [0.05, 0.1) is 18.0 Å². The molecule has 3 rings (SSSR count). The number of imidazole rings is 1. The van der Waals surface area contributed by atoms with Crippen molar-refractivity contribution in [3.8, 4) is 0 Å². The van der Waals surface area contributed by atoms with Gasteiger partial charge in [-0.3, -0.25) is 9.20 Å². The zero-order valence-electron chi connectivity index (χ0n) is 11.6. The van der Waals surface area contributed by atoms with Gasteiger partial charge in [-0.25, -0.2) is 4.98 Å². The monoisotopic (exact) mass is 317 g/mol. The zero-order chi connectivity index (χ0) is 14.7. The van der Waals surface area contributed by atoms with Gasteiger partial charge < -0.3 is 5.32 Å². The molecular weight excluding hydrogens is 302 g/mol. The van der Waals surface area contributed by atoms with Gasteiger partial charge in [0.15, 0.2) is 4.96 Å². The van der Waals surface area contributed by atoms with E-state index in [1.807, 2.05) is 40.4 Å². The second kappa shape index (κ2) is 6.32. The van der Waals surface area contributed by atoms with Gasteiger partial charge in [0.25, 0.3) is 0 Å². The molecule has 21 heavy (non-hydrogen) atoms. The maximum Gasteiger partial charge on any atom is 0.230 e. The minimum atomic E-state index is 0.0274. The second-order valence-electron chi connectivity index (χ2n) is 4.66. The summed E-state index contributed by atoms with van der Waals surface area (Å²) in [5.41, 5.74) is 2.08. The van der Waals surface area contributed by atoms with Crippen LogP contribution in [0.1, 0.15) is 11.3 Å². The first-order valence-corrected chi connectivity index (χ1v) is 8.45. The van der Waals surface area contributed by atoms with E-state index in [9.17, 15) is 4.79 Å². The lowest BCUT2D eigenvalue weighted by atomic mass is 10.2. The third-order valence-electron chi connectivity index (χ3n) is 3.06. The average molecular weight is 317 g/mol. The van der Waals surface area contributed by atoms with Crippen LogP contribution in [0.5, 0.6) is 0 Å². The van der Waals surface area contributed by atoms with E-state index in [0.717, 1.165) is 15.6 Å². The molecule has 0 aliphatic heterocycles. The largest absolute Gasteiger partial charge is 0.350 e. The van der Waals surface area contributed by atoms with Crippen LogP contribution in [0.2, 0.25) is 0 Å². The third-order valence-corrected chi connectivity index (χ3v) is 5.01. The molecule has 4 nitrogen and oxygen atoms in total. The van der Waals surface area contributed by atoms with Crippen LogP contribution >= 0.6 is 23.1 Å². The smallest absolute Gasteiger partial charge is 0.230 e. The van der Waals surface area contributed by atoms with Gasteiger partial charge >= 0.3 is 0 Å². The van der Waals surface area contributed by atoms with Crippen molar-refractivity contribution < 1.29 is 4.79 Å². The summed E-state index contributed by atoms with van der Waals surface area (Å²) in [4.78, 5) is 18.4. The molecule has 0 spiro atoms. The Labute approximate surface area is 131 Å². The number of hydrogen-bond acceptors (Lipinski definition) is 4. The van der Waals surface area contributed by atoms with Crippen LogP contribution in [-0.4, -0.2) is 21.0 Å². The number of thiazole rings is 1. The Morgan fingerprint density at radius 1 is 1.43 bits per heavy atom. The van der Waals surface area contributed by atoms with Crippen LogP contribution in [-0.2, 0) is 11.3 Å². The van der Waals surface area contributed by atoms with Crippen molar-refractivity contribution in [2.75, 3.05) is 5.75 Å². The summed E-state index contributed by atoms with van der Waals surface area (Å²) in [6.07, 6.45) is 3.91. The van der Waals surface area contributed by atoms with Crippen molar-refractivity contribution in [2.45, 2.75) is 18.4 Å². The zero-order valence-corrected chi connectivity index (χ0v) is 13.2. The Kier molecular flexibility index (Phi) is 4.26. The highest BCUT2D eigenvalue weighted by Crippen LogP contribution is 2.21. The van der Waals surface area contributed by atoms with Crippen molar-refractivity contribution >= 4 is 34.0 Å². The number of nitrogens with one attached hydrogen (secondary N) is 1. The van der Waals surface area contributed by atoms with Crippen molar-refractivity contribution in [1.82, 2.24) is 14.7 Å². The molecular formula is C15H15N3OS2. The number of thioether (sulfide) groups is 1. The van der Waals surface area contributed by atoms with Crippen molar-refractivity contribution in [2.24, 2.45) is 0 Å². The number of fused-ring (bicyclic) bond motifs is 1. The first kappa shape index (κ1) is 14.2. The number of carbonyl (C=O) groups excluding carboxylic acids is 1. The molecule has 2 heterocycles. The molecule has 0 saturated carbocycles. The fourth-order valence-electron chi connectivity index (χ4n) is 1.96. The molecule has 0 aliphatic rings. The lowest BCUT2D eigenvalue weighted by molar-refractivity contribution is -0.118. The van der Waals surface area contributed by atoms with Gasteiger partial charge in [0.2, 0.25) is 5.91 Å². The first-order chi connectivity index (χ1) is 10.2. The normalized spacial score (nSPS) is 10.9. The highest BCUT2D eigenvalue weighted by atomic mass is 32.2. The molecule has 1 amide bonds. The topological polar surface area (TPSA) is 46.4 Å². The summed E-state index contributed by atoms with van der Waals surface area (Å²) in [5, 5.41) is 4.90. The lowest BCUT2D eigenvalue weighted by Crippen LogP contribution is -2.24. The maximum absolute atomic E-state index is 11.9. The summed E-state index contributed by atoms with van der Waals surface area (Å²) in [6, 6.07) is 8.09. The molecule has 3 aromatic rings. The van der Waals surface area contributed by atoms with E-state index in [1.54, 1.807) is 23.1 Å². The van der Waals surface area contributed by atoms with Crippen LogP contribution in [0, 0.1) is 6.92 Å². The van der Waals surface area contributed by atoms with Crippen LogP contribution < -0.4 is 5.32 Å². The number of rotatable bonds is 5. The molecule has 108 valence electrons. The molecule has 0 bridgehead atoms. The number of carbonyl (C=O) groups is 1. The van der Waals surface area contributed by atoms with E-state index < -0.39 is 0 Å². The Hall–Kier alpha value is -1.79. The lowest BCUT2D eigenvalue weighted by Gasteiger charge is -2.05. The molecule has 1 N–H and O–H groups in total. The molecule has 1 aromatic carbocycles. The van der Waals surface area contributed by atoms with Crippen molar-refractivity contribution in [1.29, 1.82) is 0 Å². The van der Waals surface area contributed by atoms with E-state index in [4.69, 9.17) is 0 Å². The van der Waals surface area contributed by atoms with Crippen LogP contribution in [0.3, 0.4) is 0 Å². The van der Waals surface area contributed by atoms with Gasteiger partial charge in [-0.1, -0.05) is 18.2 Å². The van der Waals surface area contributed by atoms with Gasteiger partial charge in [-0.15, -0.1) is 23.1 Å². The molecule has 0 atom stereocenters. The number of hydrogen-bond donors (Lipinski definition) is 1. The van der Waals surface area contributed by atoms with Crippen LogP contribution in [0.4, 0.5) is 0 Å². The Morgan fingerprint density at radius 2 is 2.29 bits per heavy atom. The van der Waals surface area contributed by atoms with Crippen molar-refractivity contribution in [3.05, 3.63) is 53.3 Å². The fraction of sp³-hybridized carbons (Fsp3) is 0.200. The van der Waals surface area contributed by atoms with Crippen LogP contribution in [0.25, 0.3) is 4.96 Å². The maximum atomic E-state index is 11.9. The Morgan fingerprint density at radius 3 is 3.10 bits per heavy atom. The predicted molar refractivity (Wildman–Crippen MR) is 86.8 cm³/mol. The number of amides is 1. The molecule has 0 radical (unpaired) electrons. The number of nitrogens with zero attached hydrogens (tertiary/aromatic N) is 2. The van der Waals surface area contributed by atoms with E-state index in [-0.39, 0.29) is 5.91 Å². The number of aromatic nitrogens is 2. The number of benzene rings is 1. The summed E-state index contributed by atoms with van der Waals surface area (Å²) in [6.45, 7) is 2.53. The minimum absolute atomic E-state index is 0.0274. The molecule has 2 aromatic heterocycles. The fourth-order valence-corrected chi connectivity index (χ4v) is 3.54. The summed E-state index contributed by atoms with van der Waals surface area (Å²) < 4.78 is 1.97. The molecule has 0 fully saturated rings. The summed E-state index contributed by atoms with van der Waals surface area (Å²) in [5.74, 6) is 0.451. The second-order valence-corrected chi connectivity index (χ2v) is 6.55. The minimum Gasteiger partial charge on any atom is -0.350 e.